The molecule has 0 unspecified atom stereocenters. The Hall–Kier alpha value is -2.84. The van der Waals surface area contributed by atoms with Crippen LogP contribution in [-0.2, 0) is 16.0 Å². The van der Waals surface area contributed by atoms with Crippen LogP contribution in [0.3, 0.4) is 0 Å². The van der Waals surface area contributed by atoms with Gasteiger partial charge in [-0.3, -0.25) is 9.89 Å². The molecule has 0 spiro atoms. The maximum Gasteiger partial charge on any atom is 0.407 e. The van der Waals surface area contributed by atoms with Crippen molar-refractivity contribution < 1.29 is 18.7 Å². The van der Waals surface area contributed by atoms with Crippen molar-refractivity contribution in [2.75, 3.05) is 11.9 Å². The van der Waals surface area contributed by atoms with Gasteiger partial charge in [-0.2, -0.15) is 5.10 Å². The van der Waals surface area contributed by atoms with Crippen LogP contribution in [0.1, 0.15) is 62.8 Å². The third-order valence-electron chi connectivity index (χ3n) is 5.26. The van der Waals surface area contributed by atoms with E-state index in [1.165, 1.54) is 0 Å². The molecular weight excluding hydrogens is 374 g/mol. The van der Waals surface area contributed by atoms with E-state index in [2.05, 4.69) is 39.7 Å². The van der Waals surface area contributed by atoms with Gasteiger partial charge >= 0.3 is 6.09 Å². The summed E-state index contributed by atoms with van der Waals surface area (Å²) in [5, 5.41) is 12.7. The summed E-state index contributed by atoms with van der Waals surface area (Å²) in [5.41, 5.74) is 0.932. The lowest BCUT2D eigenvalue weighted by molar-refractivity contribution is -0.115. The van der Waals surface area contributed by atoms with Crippen LogP contribution in [0.15, 0.2) is 16.7 Å². The van der Waals surface area contributed by atoms with E-state index in [0.29, 0.717) is 29.9 Å². The van der Waals surface area contributed by atoms with Crippen molar-refractivity contribution in [1.29, 1.82) is 0 Å². The predicted molar refractivity (Wildman–Crippen MR) is 106 cm³/mol. The van der Waals surface area contributed by atoms with Crippen LogP contribution in [0.5, 0.6) is 0 Å². The Morgan fingerprint density at radius 2 is 2.24 bits per heavy atom. The maximum absolute atomic E-state index is 12.1. The SMILES string of the molecule is CC[C@H](C)CNC(=O)O[C@@H]1CC[C@H](c2cc(NC(=O)Cc3cnc(C)o3)n[nH]2)C1. The van der Waals surface area contributed by atoms with Gasteiger partial charge in [-0.25, -0.2) is 9.78 Å². The molecule has 3 rings (SSSR count). The number of carbonyl (C=O) groups is 2. The summed E-state index contributed by atoms with van der Waals surface area (Å²) in [6.07, 6.45) is 4.66. The highest BCUT2D eigenvalue weighted by Crippen LogP contribution is 2.35. The molecule has 2 aromatic rings. The van der Waals surface area contributed by atoms with Gasteiger partial charge < -0.3 is 19.8 Å². The fourth-order valence-corrected chi connectivity index (χ4v) is 3.37. The van der Waals surface area contributed by atoms with E-state index < -0.39 is 0 Å². The maximum atomic E-state index is 12.1. The Morgan fingerprint density at radius 3 is 2.97 bits per heavy atom. The molecule has 1 saturated carbocycles. The number of aryl methyl sites for hydroxylation is 1. The first-order valence-corrected chi connectivity index (χ1v) is 10.1. The van der Waals surface area contributed by atoms with E-state index in [0.717, 1.165) is 31.4 Å². The van der Waals surface area contributed by atoms with Crippen LogP contribution >= 0.6 is 0 Å². The second-order valence-corrected chi connectivity index (χ2v) is 7.71. The highest BCUT2D eigenvalue weighted by molar-refractivity contribution is 5.91. The minimum absolute atomic E-state index is 0.104. The summed E-state index contributed by atoms with van der Waals surface area (Å²) in [6, 6.07) is 1.83. The van der Waals surface area contributed by atoms with Crippen LogP contribution in [0.25, 0.3) is 0 Å². The molecule has 3 N–H and O–H groups in total. The smallest absolute Gasteiger partial charge is 0.407 e. The average molecular weight is 403 g/mol. The van der Waals surface area contributed by atoms with Crippen LogP contribution < -0.4 is 10.6 Å². The van der Waals surface area contributed by atoms with Crippen molar-refractivity contribution >= 4 is 17.8 Å². The molecule has 0 bridgehead atoms. The summed E-state index contributed by atoms with van der Waals surface area (Å²) in [7, 11) is 0. The molecule has 3 atom stereocenters. The monoisotopic (exact) mass is 403 g/mol. The first-order chi connectivity index (χ1) is 13.9. The molecule has 0 aliphatic heterocycles. The molecule has 0 aromatic carbocycles. The van der Waals surface area contributed by atoms with Gasteiger partial charge in [0.15, 0.2) is 11.7 Å². The van der Waals surface area contributed by atoms with Crippen molar-refractivity contribution in [1.82, 2.24) is 20.5 Å². The van der Waals surface area contributed by atoms with Gasteiger partial charge in [0.1, 0.15) is 11.9 Å². The number of ether oxygens (including phenoxy) is 1. The molecule has 0 saturated heterocycles. The molecule has 9 nitrogen and oxygen atoms in total. The number of aromatic amines is 1. The Balaban J connectivity index is 1.44. The number of anilines is 1. The van der Waals surface area contributed by atoms with Gasteiger partial charge in [-0.15, -0.1) is 0 Å². The molecule has 2 heterocycles. The molecule has 1 fully saturated rings. The number of rotatable bonds is 8. The molecule has 1 aliphatic rings. The summed E-state index contributed by atoms with van der Waals surface area (Å²) < 4.78 is 10.8. The van der Waals surface area contributed by atoms with Crippen molar-refractivity contribution in [2.45, 2.75) is 64.9 Å². The number of amides is 2. The number of hydrogen-bond donors (Lipinski definition) is 3. The predicted octanol–water partition coefficient (Wildman–Crippen LogP) is 3.30. The van der Waals surface area contributed by atoms with E-state index in [1.807, 2.05) is 6.07 Å². The second-order valence-electron chi connectivity index (χ2n) is 7.71. The minimum Gasteiger partial charge on any atom is -0.446 e. The Bertz CT molecular complexity index is 830. The van der Waals surface area contributed by atoms with Gasteiger partial charge in [0, 0.05) is 31.1 Å². The van der Waals surface area contributed by atoms with E-state index in [-0.39, 0.29) is 30.4 Å². The summed E-state index contributed by atoms with van der Waals surface area (Å²) in [6.45, 7) is 6.54. The zero-order valence-electron chi connectivity index (χ0n) is 17.2. The lowest BCUT2D eigenvalue weighted by atomic mass is 10.0. The summed E-state index contributed by atoms with van der Waals surface area (Å²) in [4.78, 5) is 28.0. The number of carbonyl (C=O) groups excluding carboxylic acids is 2. The summed E-state index contributed by atoms with van der Waals surface area (Å²) in [5.74, 6) is 1.95. The van der Waals surface area contributed by atoms with Gasteiger partial charge in [-0.05, 0) is 25.2 Å². The van der Waals surface area contributed by atoms with E-state index in [4.69, 9.17) is 9.15 Å². The Morgan fingerprint density at radius 1 is 1.41 bits per heavy atom. The van der Waals surface area contributed by atoms with Crippen molar-refractivity contribution in [3.05, 3.63) is 29.6 Å². The average Bonchev–Trinajstić information content (AvgIpc) is 3.41. The molecule has 2 amide bonds. The largest absolute Gasteiger partial charge is 0.446 e. The lowest BCUT2D eigenvalue weighted by Gasteiger charge is -2.15. The fraction of sp³-hybridized carbons (Fsp3) is 0.600. The highest BCUT2D eigenvalue weighted by atomic mass is 16.6. The van der Waals surface area contributed by atoms with Crippen LogP contribution in [0.2, 0.25) is 0 Å². The standard InChI is InChI=1S/C20H29N5O4/c1-4-12(2)10-22-20(27)29-15-6-5-14(7-15)17-9-18(25-24-17)23-19(26)8-16-11-21-13(3)28-16/h9,11-12,14-15H,4-8,10H2,1-3H3,(H,22,27)(H2,23,24,25,26)/t12-,14-,15+/m0/s1. The molecule has 2 aromatic heterocycles. The molecule has 1 aliphatic carbocycles. The van der Waals surface area contributed by atoms with Crippen molar-refractivity contribution in [3.63, 3.8) is 0 Å². The number of aromatic nitrogens is 3. The molecule has 29 heavy (non-hydrogen) atoms. The number of H-pyrrole nitrogens is 1. The van der Waals surface area contributed by atoms with Crippen LogP contribution in [0.4, 0.5) is 10.6 Å². The Kier molecular flexibility index (Phi) is 6.90. The third kappa shape index (κ3) is 6.07. The number of hydrogen-bond acceptors (Lipinski definition) is 6. The zero-order valence-corrected chi connectivity index (χ0v) is 17.2. The van der Waals surface area contributed by atoms with Crippen LogP contribution in [-0.4, -0.2) is 39.8 Å². The number of nitrogens with zero attached hydrogens (tertiary/aromatic N) is 2. The number of oxazole rings is 1. The molecule has 0 radical (unpaired) electrons. The quantitative estimate of drug-likeness (QED) is 0.622. The van der Waals surface area contributed by atoms with Gasteiger partial charge in [-0.1, -0.05) is 20.3 Å². The van der Waals surface area contributed by atoms with E-state index in [9.17, 15) is 9.59 Å². The zero-order chi connectivity index (χ0) is 20.8. The van der Waals surface area contributed by atoms with Gasteiger partial charge in [0.2, 0.25) is 5.91 Å². The minimum atomic E-state index is -0.351. The first kappa shape index (κ1) is 20.9. The number of alkyl carbamates (subject to hydrolysis) is 1. The Labute approximate surface area is 170 Å². The fourth-order valence-electron chi connectivity index (χ4n) is 3.37. The van der Waals surface area contributed by atoms with Gasteiger partial charge in [0.05, 0.1) is 12.6 Å². The molecular formula is C20H29N5O4. The molecule has 9 heteroatoms. The molecule has 158 valence electrons. The third-order valence-corrected chi connectivity index (χ3v) is 5.26. The lowest BCUT2D eigenvalue weighted by Crippen LogP contribution is -2.31. The van der Waals surface area contributed by atoms with E-state index >= 15 is 0 Å². The first-order valence-electron chi connectivity index (χ1n) is 10.1. The van der Waals surface area contributed by atoms with Gasteiger partial charge in [0.25, 0.3) is 0 Å². The highest BCUT2D eigenvalue weighted by Gasteiger charge is 2.30. The topological polar surface area (TPSA) is 122 Å². The summed E-state index contributed by atoms with van der Waals surface area (Å²) >= 11 is 0. The second kappa shape index (κ2) is 9.58. The van der Waals surface area contributed by atoms with Crippen molar-refractivity contribution in [3.8, 4) is 0 Å². The number of nitrogens with one attached hydrogen (secondary N) is 3. The van der Waals surface area contributed by atoms with E-state index in [1.54, 1.807) is 13.1 Å². The normalized spacial score (nSPS) is 19.7. The van der Waals surface area contributed by atoms with Crippen LogP contribution in [0, 0.1) is 12.8 Å². The van der Waals surface area contributed by atoms with Crippen molar-refractivity contribution in [2.24, 2.45) is 5.92 Å².